The van der Waals surface area contributed by atoms with E-state index in [0.717, 1.165) is 16.2 Å². The number of carbonyl (C=O) groups is 3. The normalized spacial score (nSPS) is 15.5. The van der Waals surface area contributed by atoms with Crippen LogP contribution >= 0.6 is 11.3 Å². The summed E-state index contributed by atoms with van der Waals surface area (Å²) in [6, 6.07) is 10.6. The lowest BCUT2D eigenvalue weighted by atomic mass is 9.95. The Hall–Kier alpha value is -4.51. The third-order valence-corrected chi connectivity index (χ3v) is 7.09. The number of carbonyl (C=O) groups excluding carboxylic acids is 3. The Labute approximate surface area is 213 Å². The number of aromatic nitrogens is 1. The fourth-order valence-corrected chi connectivity index (χ4v) is 5.22. The molecule has 1 amide bonds. The molecule has 4 aromatic rings. The quantitative estimate of drug-likeness (QED) is 0.280. The van der Waals surface area contributed by atoms with Crippen LogP contribution in [0.5, 0.6) is 5.75 Å². The first-order chi connectivity index (χ1) is 17.7. The molecule has 0 fully saturated rings. The third-order valence-electron chi connectivity index (χ3n) is 5.95. The summed E-state index contributed by atoms with van der Waals surface area (Å²) < 4.78 is 29.6. The molecular weight excluding hydrogens is 503 g/mol. The van der Waals surface area contributed by atoms with Crippen molar-refractivity contribution >= 4 is 45.1 Å². The van der Waals surface area contributed by atoms with E-state index in [2.05, 4.69) is 4.98 Å². The van der Waals surface area contributed by atoms with Crippen LogP contribution in [-0.2, 0) is 9.53 Å². The van der Waals surface area contributed by atoms with Crippen LogP contribution in [0.25, 0.3) is 11.0 Å². The molecule has 5 rings (SSSR count). The predicted molar refractivity (Wildman–Crippen MR) is 132 cm³/mol. The second-order valence-corrected chi connectivity index (χ2v) is 9.09. The number of fused-ring (bicyclic) bond motifs is 1. The van der Waals surface area contributed by atoms with E-state index in [4.69, 9.17) is 13.9 Å². The van der Waals surface area contributed by atoms with Crippen molar-refractivity contribution in [1.29, 1.82) is 0 Å². The Kier molecular flexibility index (Phi) is 6.00. The second-order valence-electron chi connectivity index (χ2n) is 8.11. The van der Waals surface area contributed by atoms with E-state index in [1.165, 1.54) is 44.6 Å². The molecule has 37 heavy (non-hydrogen) atoms. The number of aryl methyl sites for hydroxylation is 1. The Morgan fingerprint density at radius 2 is 1.89 bits per heavy atom. The molecule has 3 heterocycles. The zero-order valence-corrected chi connectivity index (χ0v) is 20.6. The van der Waals surface area contributed by atoms with Gasteiger partial charge in [-0.2, -0.15) is 0 Å². The molecular formula is C26H19FN2O7S. The summed E-state index contributed by atoms with van der Waals surface area (Å²) in [5.74, 6) is -3.35. The van der Waals surface area contributed by atoms with E-state index in [-0.39, 0.29) is 21.3 Å². The van der Waals surface area contributed by atoms with Crippen molar-refractivity contribution in [3.8, 4) is 5.75 Å². The van der Waals surface area contributed by atoms with Crippen molar-refractivity contribution in [3.05, 3.63) is 87.6 Å². The number of thiazole rings is 1. The minimum atomic E-state index is -1.17. The third kappa shape index (κ3) is 3.93. The highest BCUT2D eigenvalue weighted by atomic mass is 32.1. The number of ether oxygens (including phenoxy) is 2. The molecule has 1 unspecified atom stereocenters. The van der Waals surface area contributed by atoms with Crippen LogP contribution in [0.1, 0.15) is 37.5 Å². The maximum Gasteiger partial charge on any atom is 0.350 e. The van der Waals surface area contributed by atoms with Crippen molar-refractivity contribution in [2.45, 2.75) is 13.0 Å². The molecule has 0 bridgehead atoms. The van der Waals surface area contributed by atoms with Crippen LogP contribution in [0, 0.1) is 12.7 Å². The number of Topliss-reactive ketones (excluding diaryl/α,β-unsaturated/α-hetero) is 1. The van der Waals surface area contributed by atoms with Gasteiger partial charge in [-0.1, -0.05) is 35.6 Å². The number of aliphatic hydroxyl groups excluding tert-OH is 1. The Balaban J connectivity index is 1.65. The van der Waals surface area contributed by atoms with Crippen molar-refractivity contribution in [2.24, 2.45) is 0 Å². The molecule has 2 aromatic carbocycles. The number of rotatable bonds is 6. The molecule has 0 radical (unpaired) electrons. The maximum absolute atomic E-state index is 13.7. The van der Waals surface area contributed by atoms with Gasteiger partial charge in [-0.25, -0.2) is 14.2 Å². The van der Waals surface area contributed by atoms with Crippen molar-refractivity contribution in [3.63, 3.8) is 0 Å². The number of furan rings is 1. The lowest BCUT2D eigenvalue weighted by Gasteiger charge is -2.24. The number of aliphatic hydroxyl groups is 1. The Morgan fingerprint density at radius 3 is 2.57 bits per heavy atom. The lowest BCUT2D eigenvalue weighted by Crippen LogP contribution is -2.31. The van der Waals surface area contributed by atoms with Gasteiger partial charge in [-0.05, 0) is 36.8 Å². The number of methoxy groups -OCH3 is 2. The average Bonchev–Trinajstić information content (AvgIpc) is 3.57. The van der Waals surface area contributed by atoms with E-state index in [0.29, 0.717) is 28.0 Å². The number of esters is 1. The number of hydrogen-bond donors (Lipinski definition) is 1. The predicted octanol–water partition coefficient (Wildman–Crippen LogP) is 4.91. The van der Waals surface area contributed by atoms with E-state index in [1.54, 1.807) is 25.1 Å². The summed E-state index contributed by atoms with van der Waals surface area (Å²) in [4.78, 5) is 44.8. The largest absolute Gasteiger partial charge is 0.503 e. The number of anilines is 1. The standard InChI is InChI=1S/C26H19FN2O7S/c1-12-23(25(33)35-3)37-26(28-12)29-19(13-7-9-15(27)10-8-13)18(21(31)24(29)32)20(30)17-11-14-5-4-6-16(34-2)22(14)36-17/h4-11,19,31H,1-3H3. The minimum Gasteiger partial charge on any atom is -0.503 e. The summed E-state index contributed by atoms with van der Waals surface area (Å²) in [6.07, 6.45) is 0. The van der Waals surface area contributed by atoms with Gasteiger partial charge in [-0.3, -0.25) is 14.5 Å². The van der Waals surface area contributed by atoms with Crippen LogP contribution in [-0.4, -0.2) is 42.0 Å². The average molecular weight is 523 g/mol. The fourth-order valence-electron chi connectivity index (χ4n) is 4.20. The molecule has 1 N–H and O–H groups in total. The number of amides is 1. The molecule has 0 spiro atoms. The smallest absolute Gasteiger partial charge is 0.350 e. The monoisotopic (exact) mass is 522 g/mol. The first-order valence-electron chi connectivity index (χ1n) is 10.9. The van der Waals surface area contributed by atoms with E-state index >= 15 is 0 Å². The van der Waals surface area contributed by atoms with Gasteiger partial charge in [-0.15, -0.1) is 0 Å². The maximum atomic E-state index is 13.7. The number of hydrogen-bond acceptors (Lipinski definition) is 9. The van der Waals surface area contributed by atoms with Crippen LogP contribution in [0.4, 0.5) is 9.52 Å². The lowest BCUT2D eigenvalue weighted by molar-refractivity contribution is -0.117. The number of nitrogens with zero attached hydrogens (tertiary/aromatic N) is 2. The molecule has 0 saturated heterocycles. The zero-order chi connectivity index (χ0) is 26.4. The first-order valence-corrected chi connectivity index (χ1v) is 11.8. The number of halogens is 1. The highest BCUT2D eigenvalue weighted by Crippen LogP contribution is 2.44. The van der Waals surface area contributed by atoms with Gasteiger partial charge in [0.15, 0.2) is 28.0 Å². The zero-order valence-electron chi connectivity index (χ0n) is 19.8. The molecule has 2 aromatic heterocycles. The van der Waals surface area contributed by atoms with Crippen molar-refractivity contribution < 1.29 is 37.8 Å². The number of para-hydroxylation sites is 1. The summed E-state index contributed by atoms with van der Waals surface area (Å²) in [5, 5.41) is 11.6. The van der Waals surface area contributed by atoms with Crippen molar-refractivity contribution in [2.75, 3.05) is 19.1 Å². The van der Waals surface area contributed by atoms with Crippen LogP contribution in [0.15, 0.2) is 64.3 Å². The number of benzene rings is 2. The van der Waals surface area contributed by atoms with E-state index in [9.17, 15) is 23.9 Å². The SMILES string of the molecule is COC(=O)c1sc(N2C(=O)C(O)=C(C(=O)c3cc4cccc(OC)c4o3)C2c2ccc(F)cc2)nc1C. The Bertz CT molecular complexity index is 1600. The van der Waals surface area contributed by atoms with Gasteiger partial charge < -0.3 is 19.0 Å². The van der Waals surface area contributed by atoms with Gasteiger partial charge in [0.1, 0.15) is 10.7 Å². The van der Waals surface area contributed by atoms with Crippen molar-refractivity contribution in [1.82, 2.24) is 4.98 Å². The topological polar surface area (TPSA) is 119 Å². The summed E-state index contributed by atoms with van der Waals surface area (Å²) in [5.41, 5.74) is 0.692. The van der Waals surface area contributed by atoms with Crippen LogP contribution in [0.2, 0.25) is 0 Å². The fraction of sp³-hybridized carbons (Fsp3) is 0.154. The van der Waals surface area contributed by atoms with Crippen LogP contribution in [0.3, 0.4) is 0 Å². The summed E-state index contributed by atoms with van der Waals surface area (Å²) in [6.45, 7) is 1.57. The minimum absolute atomic E-state index is 0.0536. The molecule has 1 aliphatic heterocycles. The van der Waals surface area contributed by atoms with Gasteiger partial charge in [0.2, 0.25) is 5.78 Å². The first kappa shape index (κ1) is 24.2. The Morgan fingerprint density at radius 1 is 1.16 bits per heavy atom. The summed E-state index contributed by atoms with van der Waals surface area (Å²) >= 11 is 0.871. The highest BCUT2D eigenvalue weighted by molar-refractivity contribution is 7.17. The molecule has 188 valence electrons. The van der Waals surface area contributed by atoms with E-state index in [1.807, 2.05) is 0 Å². The van der Waals surface area contributed by atoms with Crippen LogP contribution < -0.4 is 9.64 Å². The molecule has 0 aliphatic carbocycles. The number of ketones is 1. The molecule has 1 atom stereocenters. The molecule has 0 saturated carbocycles. The highest BCUT2D eigenvalue weighted by Gasteiger charge is 2.47. The van der Waals surface area contributed by atoms with Gasteiger partial charge in [0, 0.05) is 5.39 Å². The van der Waals surface area contributed by atoms with Gasteiger partial charge >= 0.3 is 5.97 Å². The van der Waals surface area contributed by atoms with Gasteiger partial charge in [0.25, 0.3) is 5.91 Å². The van der Waals surface area contributed by atoms with E-state index < -0.39 is 35.3 Å². The van der Waals surface area contributed by atoms with Gasteiger partial charge in [0.05, 0.1) is 31.5 Å². The second kappa shape index (κ2) is 9.17. The molecule has 9 nitrogen and oxygen atoms in total. The molecule has 1 aliphatic rings. The molecule has 11 heteroatoms. The summed E-state index contributed by atoms with van der Waals surface area (Å²) in [7, 11) is 2.68.